The van der Waals surface area contributed by atoms with E-state index in [2.05, 4.69) is 20.6 Å². The van der Waals surface area contributed by atoms with Crippen molar-refractivity contribution in [1.82, 2.24) is 29.8 Å². The van der Waals surface area contributed by atoms with Gasteiger partial charge in [0.15, 0.2) is 5.82 Å². The number of imide groups is 1. The van der Waals surface area contributed by atoms with Crippen molar-refractivity contribution < 1.29 is 9.59 Å². The maximum Gasteiger partial charge on any atom is 0.330 e. The lowest BCUT2D eigenvalue weighted by Gasteiger charge is -2.15. The van der Waals surface area contributed by atoms with E-state index in [1.807, 2.05) is 36.3 Å². The van der Waals surface area contributed by atoms with Gasteiger partial charge in [-0.2, -0.15) is 5.10 Å². The van der Waals surface area contributed by atoms with Gasteiger partial charge in [0.1, 0.15) is 0 Å². The van der Waals surface area contributed by atoms with Gasteiger partial charge in [-0.3, -0.25) is 19.7 Å². The van der Waals surface area contributed by atoms with Gasteiger partial charge < -0.3 is 0 Å². The molecule has 1 aromatic carbocycles. The van der Waals surface area contributed by atoms with Crippen LogP contribution < -0.4 is 5.32 Å². The maximum atomic E-state index is 12.6. The maximum absolute atomic E-state index is 12.6. The molecular formula is C19H19N7O2. The molecule has 0 aliphatic carbocycles. The molecule has 2 saturated heterocycles. The van der Waals surface area contributed by atoms with E-state index in [0.29, 0.717) is 12.5 Å². The smallest absolute Gasteiger partial charge is 0.290 e. The van der Waals surface area contributed by atoms with Gasteiger partial charge in [0.2, 0.25) is 5.91 Å². The minimum atomic E-state index is -0.462. The summed E-state index contributed by atoms with van der Waals surface area (Å²) in [6.45, 7) is 1.19. The van der Waals surface area contributed by atoms with Crippen LogP contribution in [0.25, 0.3) is 22.0 Å². The van der Waals surface area contributed by atoms with E-state index in [-0.39, 0.29) is 11.9 Å². The lowest BCUT2D eigenvalue weighted by Crippen LogP contribution is -2.38. The van der Waals surface area contributed by atoms with E-state index in [9.17, 15) is 9.59 Å². The third-order valence-corrected chi connectivity index (χ3v) is 5.34. The molecule has 9 heteroatoms. The van der Waals surface area contributed by atoms with Gasteiger partial charge >= 0.3 is 6.03 Å². The Morgan fingerprint density at radius 1 is 1.21 bits per heavy atom. The Hall–Kier alpha value is -3.33. The SMILES string of the molecule is Cn1cc(-c2ccc3nnc(NC(=O)N4CN5CCC[C@@H]5C4=O)cc3c2)cn1. The van der Waals surface area contributed by atoms with Crippen molar-refractivity contribution in [2.24, 2.45) is 7.05 Å². The first-order valence-corrected chi connectivity index (χ1v) is 9.21. The Kier molecular flexibility index (Phi) is 3.83. The topological polar surface area (TPSA) is 96.3 Å². The fourth-order valence-corrected chi connectivity index (χ4v) is 3.90. The molecule has 3 amide bonds. The molecule has 0 bridgehead atoms. The molecule has 0 radical (unpaired) electrons. The Morgan fingerprint density at radius 2 is 2.11 bits per heavy atom. The zero-order valence-corrected chi connectivity index (χ0v) is 15.4. The van der Waals surface area contributed by atoms with Crippen molar-refractivity contribution in [3.63, 3.8) is 0 Å². The monoisotopic (exact) mass is 377 g/mol. The van der Waals surface area contributed by atoms with Crippen molar-refractivity contribution in [2.75, 3.05) is 18.5 Å². The first kappa shape index (κ1) is 16.8. The van der Waals surface area contributed by atoms with E-state index < -0.39 is 6.03 Å². The van der Waals surface area contributed by atoms with E-state index in [4.69, 9.17) is 0 Å². The fraction of sp³-hybridized carbons (Fsp3) is 0.316. The zero-order valence-electron chi connectivity index (χ0n) is 15.4. The van der Waals surface area contributed by atoms with E-state index in [1.54, 1.807) is 16.9 Å². The molecular weight excluding hydrogens is 358 g/mol. The average Bonchev–Trinajstić information content (AvgIpc) is 3.39. The van der Waals surface area contributed by atoms with Gasteiger partial charge in [-0.05, 0) is 36.6 Å². The zero-order chi connectivity index (χ0) is 19.3. The number of amides is 3. The quantitative estimate of drug-likeness (QED) is 0.732. The van der Waals surface area contributed by atoms with Crippen LogP contribution in [0.5, 0.6) is 0 Å². The number of hydrogen-bond donors (Lipinski definition) is 1. The predicted molar refractivity (Wildman–Crippen MR) is 102 cm³/mol. The van der Waals surface area contributed by atoms with Crippen LogP contribution in [0.3, 0.4) is 0 Å². The molecule has 0 spiro atoms. The van der Waals surface area contributed by atoms with Gasteiger partial charge in [0.25, 0.3) is 0 Å². The van der Waals surface area contributed by atoms with Crippen LogP contribution in [0.4, 0.5) is 10.6 Å². The molecule has 28 heavy (non-hydrogen) atoms. The molecule has 1 N–H and O–H groups in total. The first-order valence-electron chi connectivity index (χ1n) is 9.21. The normalized spacial score (nSPS) is 19.4. The summed E-state index contributed by atoms with van der Waals surface area (Å²) in [5.41, 5.74) is 2.72. The number of aryl methyl sites for hydroxylation is 1. The molecule has 9 nitrogen and oxygen atoms in total. The standard InChI is InChI=1S/C19H19N7O2/c1-24-10-14(9-20-24)12-4-5-15-13(7-12)8-17(23-22-15)21-19(28)26-11-25-6-2-3-16(25)18(26)27/h4-5,7-10,16H,2-3,6,11H2,1H3,(H,21,23,28)/t16-/m1/s1. The number of hydrogen-bond acceptors (Lipinski definition) is 6. The third-order valence-electron chi connectivity index (χ3n) is 5.34. The summed E-state index contributed by atoms with van der Waals surface area (Å²) in [5.74, 6) is 0.184. The number of nitrogens with zero attached hydrogens (tertiary/aromatic N) is 6. The summed E-state index contributed by atoms with van der Waals surface area (Å²) in [6.07, 6.45) is 5.55. The summed E-state index contributed by atoms with van der Waals surface area (Å²) < 4.78 is 1.74. The Labute approximate surface area is 160 Å². The van der Waals surface area contributed by atoms with Gasteiger partial charge in [-0.1, -0.05) is 6.07 Å². The predicted octanol–water partition coefficient (Wildman–Crippen LogP) is 1.83. The number of rotatable bonds is 2. The van der Waals surface area contributed by atoms with Crippen LogP contribution in [-0.2, 0) is 11.8 Å². The number of nitrogens with one attached hydrogen (secondary N) is 1. The molecule has 2 aromatic heterocycles. The average molecular weight is 377 g/mol. The van der Waals surface area contributed by atoms with Crippen molar-refractivity contribution in [3.05, 3.63) is 36.7 Å². The molecule has 2 fully saturated rings. The highest BCUT2D eigenvalue weighted by Gasteiger charge is 2.43. The largest absolute Gasteiger partial charge is 0.330 e. The van der Waals surface area contributed by atoms with E-state index >= 15 is 0 Å². The minimum absolute atomic E-state index is 0.136. The number of fused-ring (bicyclic) bond motifs is 2. The Morgan fingerprint density at radius 3 is 2.89 bits per heavy atom. The van der Waals surface area contributed by atoms with Crippen molar-refractivity contribution in [3.8, 4) is 11.1 Å². The van der Waals surface area contributed by atoms with E-state index in [1.165, 1.54) is 4.90 Å². The van der Waals surface area contributed by atoms with Gasteiger partial charge in [0, 0.05) is 30.7 Å². The van der Waals surface area contributed by atoms with Crippen molar-refractivity contribution in [2.45, 2.75) is 18.9 Å². The number of benzene rings is 1. The number of aromatic nitrogens is 4. The van der Waals surface area contributed by atoms with Crippen LogP contribution in [0.15, 0.2) is 36.7 Å². The second-order valence-corrected chi connectivity index (χ2v) is 7.21. The van der Waals surface area contributed by atoms with Crippen molar-refractivity contribution >= 4 is 28.7 Å². The molecule has 2 aliphatic heterocycles. The van der Waals surface area contributed by atoms with Crippen LogP contribution in [0, 0.1) is 0 Å². The summed E-state index contributed by atoms with van der Waals surface area (Å²) in [5, 5.41) is 16.0. The molecule has 4 heterocycles. The molecule has 2 aliphatic rings. The lowest BCUT2D eigenvalue weighted by atomic mass is 10.1. The molecule has 5 rings (SSSR count). The minimum Gasteiger partial charge on any atom is -0.290 e. The van der Waals surface area contributed by atoms with Gasteiger partial charge in [0.05, 0.1) is 24.4 Å². The van der Waals surface area contributed by atoms with E-state index in [0.717, 1.165) is 41.4 Å². The van der Waals surface area contributed by atoms with Crippen LogP contribution in [0.1, 0.15) is 12.8 Å². The lowest BCUT2D eigenvalue weighted by molar-refractivity contribution is -0.126. The first-order chi connectivity index (χ1) is 13.6. The number of urea groups is 1. The highest BCUT2D eigenvalue weighted by atomic mass is 16.2. The molecule has 0 unspecified atom stereocenters. The summed E-state index contributed by atoms with van der Waals surface area (Å²) in [4.78, 5) is 28.3. The highest BCUT2D eigenvalue weighted by molar-refractivity contribution is 6.04. The Bertz CT molecular complexity index is 1090. The Balaban J connectivity index is 1.38. The van der Waals surface area contributed by atoms with Crippen LogP contribution in [0.2, 0.25) is 0 Å². The van der Waals surface area contributed by atoms with Crippen LogP contribution in [-0.4, -0.2) is 61.0 Å². The van der Waals surface area contributed by atoms with Gasteiger partial charge in [-0.25, -0.2) is 9.69 Å². The molecule has 142 valence electrons. The molecule has 0 saturated carbocycles. The number of carbonyl (C=O) groups excluding carboxylic acids is 2. The van der Waals surface area contributed by atoms with Gasteiger partial charge in [-0.15, -0.1) is 10.2 Å². The summed E-state index contributed by atoms with van der Waals surface area (Å²) in [7, 11) is 1.87. The molecule has 3 aromatic rings. The number of carbonyl (C=O) groups is 2. The number of anilines is 1. The highest BCUT2D eigenvalue weighted by Crippen LogP contribution is 2.27. The second-order valence-electron chi connectivity index (χ2n) is 7.21. The fourth-order valence-electron chi connectivity index (χ4n) is 3.90. The third kappa shape index (κ3) is 2.80. The van der Waals surface area contributed by atoms with Crippen LogP contribution >= 0.6 is 0 Å². The summed E-state index contributed by atoms with van der Waals surface area (Å²) in [6, 6.07) is 6.97. The van der Waals surface area contributed by atoms with Crippen molar-refractivity contribution in [1.29, 1.82) is 0 Å². The summed E-state index contributed by atoms with van der Waals surface area (Å²) >= 11 is 0. The molecule has 1 atom stereocenters. The second kappa shape index (κ2) is 6.38.